The van der Waals surface area contributed by atoms with E-state index in [9.17, 15) is 40.0 Å². The van der Waals surface area contributed by atoms with Gasteiger partial charge in [0.2, 0.25) is 0 Å². The molecule has 13 heteroatoms. The molecule has 0 aliphatic carbocycles. The van der Waals surface area contributed by atoms with Crippen LogP contribution < -0.4 is 10.6 Å². The van der Waals surface area contributed by atoms with E-state index >= 15 is 0 Å². The number of benzene rings is 2. The van der Waals surface area contributed by atoms with Crippen LogP contribution in [0.25, 0.3) is 0 Å². The molecule has 0 saturated heterocycles. The van der Waals surface area contributed by atoms with Crippen molar-refractivity contribution in [3.63, 3.8) is 0 Å². The van der Waals surface area contributed by atoms with Gasteiger partial charge in [-0.05, 0) is 65.8 Å². The number of rotatable bonds is 8. The Kier molecular flexibility index (Phi) is 9.25. The molecule has 2 aromatic carbocycles. The number of anilines is 1. The van der Waals surface area contributed by atoms with Gasteiger partial charge in [-0.2, -0.15) is 13.2 Å². The Morgan fingerprint density at radius 1 is 1.09 bits per heavy atom. The first-order chi connectivity index (χ1) is 16.0. The maximum absolute atomic E-state index is 13.0. The highest BCUT2D eigenvalue weighted by Gasteiger charge is 2.47. The van der Waals surface area contributed by atoms with E-state index in [1.165, 1.54) is 26.0 Å². The zero-order valence-electron chi connectivity index (χ0n) is 18.7. The molecular formula is C22H22F5IN2O4S. The van der Waals surface area contributed by atoms with Crippen molar-refractivity contribution < 1.29 is 40.0 Å². The fourth-order valence-corrected chi connectivity index (χ4v) is 5.16. The van der Waals surface area contributed by atoms with E-state index in [0.29, 0.717) is 3.57 Å². The molecule has 0 heterocycles. The van der Waals surface area contributed by atoms with Crippen LogP contribution in [0.15, 0.2) is 36.4 Å². The van der Waals surface area contributed by atoms with E-state index in [2.05, 4.69) is 10.6 Å². The van der Waals surface area contributed by atoms with Crippen LogP contribution in [-0.4, -0.2) is 50.9 Å². The Hall–Kier alpha value is -2.29. The van der Waals surface area contributed by atoms with Crippen molar-refractivity contribution in [3.05, 3.63) is 62.2 Å². The van der Waals surface area contributed by atoms with Crippen molar-refractivity contribution in [1.29, 1.82) is 0 Å². The van der Waals surface area contributed by atoms with Crippen molar-refractivity contribution >= 4 is 49.9 Å². The third kappa shape index (κ3) is 7.85. The Labute approximate surface area is 212 Å². The van der Waals surface area contributed by atoms with E-state index in [0.717, 1.165) is 24.5 Å². The Morgan fingerprint density at radius 2 is 1.71 bits per heavy atom. The summed E-state index contributed by atoms with van der Waals surface area (Å²) in [5, 5.41) is 5.02. The van der Waals surface area contributed by atoms with E-state index < -0.39 is 51.8 Å². The average Bonchev–Trinajstić information content (AvgIpc) is 2.66. The molecule has 2 N–H and O–H groups in total. The second kappa shape index (κ2) is 11.2. The fourth-order valence-electron chi connectivity index (χ4n) is 3.42. The number of nitrogens with one attached hydrogen (secondary N) is 2. The number of hydrogen-bond acceptors (Lipinski definition) is 4. The van der Waals surface area contributed by atoms with Gasteiger partial charge in [-0.15, -0.1) is 0 Å². The van der Waals surface area contributed by atoms with Gasteiger partial charge in [-0.1, -0.05) is 18.2 Å². The summed E-state index contributed by atoms with van der Waals surface area (Å²) in [6.45, 7) is 2.85. The number of aryl methyl sites for hydroxylation is 1. The molecule has 2 atom stereocenters. The van der Waals surface area contributed by atoms with E-state index in [-0.39, 0.29) is 28.1 Å². The van der Waals surface area contributed by atoms with Crippen LogP contribution >= 0.6 is 22.6 Å². The summed E-state index contributed by atoms with van der Waals surface area (Å²) in [7, 11) is -3.37. The minimum atomic E-state index is -5.15. The first-order valence-corrected chi connectivity index (χ1v) is 13.2. The number of alkyl halides is 5. The topological polar surface area (TPSA) is 92.3 Å². The highest BCUT2D eigenvalue weighted by atomic mass is 127. The molecule has 0 aliphatic heterocycles. The molecule has 2 aromatic rings. The second-order valence-electron chi connectivity index (χ2n) is 8.01. The normalized spacial score (nSPS) is 13.9. The van der Waals surface area contributed by atoms with Gasteiger partial charge in [0.05, 0.1) is 16.9 Å². The van der Waals surface area contributed by atoms with Crippen LogP contribution in [0, 0.1) is 10.5 Å². The van der Waals surface area contributed by atoms with Crippen LogP contribution in [0.1, 0.15) is 44.7 Å². The lowest BCUT2D eigenvalue weighted by Gasteiger charge is -2.21. The summed E-state index contributed by atoms with van der Waals surface area (Å²) in [5.74, 6) is -4.73. The van der Waals surface area contributed by atoms with Gasteiger partial charge in [0.25, 0.3) is 18.2 Å². The highest BCUT2D eigenvalue weighted by molar-refractivity contribution is 14.1. The van der Waals surface area contributed by atoms with Gasteiger partial charge in [0.15, 0.2) is 0 Å². The zero-order valence-corrected chi connectivity index (χ0v) is 21.7. The van der Waals surface area contributed by atoms with E-state index in [1.54, 1.807) is 6.07 Å². The van der Waals surface area contributed by atoms with Gasteiger partial charge >= 0.3 is 6.18 Å². The van der Waals surface area contributed by atoms with Gasteiger partial charge in [0, 0.05) is 21.6 Å². The molecular weight excluding hydrogens is 610 g/mol. The molecule has 2 rings (SSSR count). The third-order valence-corrected chi connectivity index (χ3v) is 6.88. The molecule has 0 aromatic heterocycles. The molecule has 0 saturated carbocycles. The standard InChI is InChI=1S/C22H22F5IN2O4S/c1-11-9-13(18(19(23)24)22(25,26)27)7-8-16(11)30-20(31)14-5-4-6-15(28)17(14)21(32)29-12(2)10-35(3,33)34/h4-9,12,18-19H,10H2,1-3H3,(H,29,32)(H,30,31)/t12-,18?/m0/s1. The van der Waals surface area contributed by atoms with E-state index in [4.69, 9.17) is 0 Å². The maximum Gasteiger partial charge on any atom is 0.401 e. The van der Waals surface area contributed by atoms with Crippen molar-refractivity contribution in [1.82, 2.24) is 5.32 Å². The average molecular weight is 632 g/mol. The predicted molar refractivity (Wildman–Crippen MR) is 130 cm³/mol. The third-order valence-electron chi connectivity index (χ3n) is 4.88. The first kappa shape index (κ1) is 28.9. The van der Waals surface area contributed by atoms with Crippen LogP contribution in [0.3, 0.4) is 0 Å². The van der Waals surface area contributed by atoms with Gasteiger partial charge in [-0.25, -0.2) is 17.2 Å². The number of carbonyl (C=O) groups is 2. The van der Waals surface area contributed by atoms with Crippen molar-refractivity contribution in [3.8, 4) is 0 Å². The number of sulfone groups is 1. The molecule has 0 aliphatic rings. The highest BCUT2D eigenvalue weighted by Crippen LogP contribution is 2.40. The molecule has 1 unspecified atom stereocenters. The maximum atomic E-state index is 13.0. The second-order valence-corrected chi connectivity index (χ2v) is 11.4. The lowest BCUT2D eigenvalue weighted by Crippen LogP contribution is -2.38. The minimum Gasteiger partial charge on any atom is -0.349 e. The number of halogens is 6. The zero-order chi connectivity index (χ0) is 26.7. The molecule has 0 fully saturated rings. The van der Waals surface area contributed by atoms with Crippen molar-refractivity contribution in [2.24, 2.45) is 0 Å². The largest absolute Gasteiger partial charge is 0.401 e. The molecule has 35 heavy (non-hydrogen) atoms. The Morgan fingerprint density at radius 3 is 2.23 bits per heavy atom. The lowest BCUT2D eigenvalue weighted by atomic mass is 9.96. The summed E-state index contributed by atoms with van der Waals surface area (Å²) in [5.41, 5.74) is -0.536. The molecule has 6 nitrogen and oxygen atoms in total. The molecule has 2 amide bonds. The monoisotopic (exact) mass is 632 g/mol. The first-order valence-electron chi connectivity index (χ1n) is 10.0. The fraction of sp³-hybridized carbons (Fsp3) is 0.364. The van der Waals surface area contributed by atoms with Crippen LogP contribution in [0.2, 0.25) is 0 Å². The van der Waals surface area contributed by atoms with Crippen molar-refractivity contribution in [2.75, 3.05) is 17.3 Å². The predicted octanol–water partition coefficient (Wildman–Crippen LogP) is 4.93. The van der Waals surface area contributed by atoms with Gasteiger partial charge < -0.3 is 10.6 Å². The molecule has 0 bridgehead atoms. The summed E-state index contributed by atoms with van der Waals surface area (Å²) in [4.78, 5) is 25.8. The summed E-state index contributed by atoms with van der Waals surface area (Å²) < 4.78 is 88.5. The number of amides is 2. The lowest BCUT2D eigenvalue weighted by molar-refractivity contribution is -0.178. The van der Waals surface area contributed by atoms with Gasteiger partial charge in [0.1, 0.15) is 15.8 Å². The minimum absolute atomic E-state index is 0.0185. The quantitative estimate of drug-likeness (QED) is 0.319. The smallest absolute Gasteiger partial charge is 0.349 e. The Bertz CT molecular complexity index is 1220. The number of hydrogen-bond donors (Lipinski definition) is 2. The molecule has 0 spiro atoms. The van der Waals surface area contributed by atoms with Crippen LogP contribution in [-0.2, 0) is 9.84 Å². The van der Waals surface area contributed by atoms with Gasteiger partial charge in [-0.3, -0.25) is 9.59 Å². The Balaban J connectivity index is 2.33. The van der Waals surface area contributed by atoms with E-state index in [1.807, 2.05) is 22.6 Å². The molecule has 192 valence electrons. The SMILES string of the molecule is Cc1cc(C(C(F)F)C(F)(F)F)ccc1NC(=O)c1cccc(I)c1C(=O)N[C@@H](C)CS(C)(=O)=O. The summed E-state index contributed by atoms with van der Waals surface area (Å²) >= 11 is 1.84. The van der Waals surface area contributed by atoms with Crippen LogP contribution in [0.5, 0.6) is 0 Å². The summed E-state index contributed by atoms with van der Waals surface area (Å²) in [6, 6.07) is 6.57. The van der Waals surface area contributed by atoms with Crippen molar-refractivity contribution in [2.45, 2.75) is 38.4 Å². The summed E-state index contributed by atoms with van der Waals surface area (Å²) in [6.07, 6.45) is -7.79. The molecule has 0 radical (unpaired) electrons. The van der Waals surface area contributed by atoms with Crippen LogP contribution in [0.4, 0.5) is 27.6 Å². The number of carbonyl (C=O) groups excluding carboxylic acids is 2.